The zero-order valence-corrected chi connectivity index (χ0v) is 18.9. The number of amides is 2. The molecule has 0 saturated carbocycles. The first-order valence-corrected chi connectivity index (χ1v) is 11.9. The Kier molecular flexibility index (Phi) is 6.21. The maximum atomic E-state index is 13.4. The molecule has 0 bridgehead atoms. The van der Waals surface area contributed by atoms with E-state index in [4.69, 9.17) is 16.3 Å². The van der Waals surface area contributed by atoms with E-state index in [0.717, 1.165) is 62.3 Å². The number of hydrogen-bond acceptors (Lipinski definition) is 3. The first-order chi connectivity index (χ1) is 15.7. The van der Waals surface area contributed by atoms with E-state index in [-0.39, 0.29) is 23.5 Å². The summed E-state index contributed by atoms with van der Waals surface area (Å²) in [5.41, 5.74) is 2.29. The van der Waals surface area contributed by atoms with E-state index < -0.39 is 0 Å². The molecule has 1 fully saturated rings. The molecule has 1 N–H and O–H groups in total. The number of allylic oxidation sites excluding steroid dienone is 4. The summed E-state index contributed by atoms with van der Waals surface area (Å²) >= 11 is 6.16. The third kappa shape index (κ3) is 4.42. The van der Waals surface area contributed by atoms with Gasteiger partial charge in [0.2, 0.25) is 0 Å². The van der Waals surface area contributed by atoms with E-state index in [0.29, 0.717) is 6.61 Å². The molecule has 7 heteroatoms. The van der Waals surface area contributed by atoms with Crippen LogP contribution in [-0.4, -0.2) is 39.0 Å². The zero-order valence-electron chi connectivity index (χ0n) is 18.1. The van der Waals surface area contributed by atoms with Gasteiger partial charge in [-0.15, -0.1) is 11.6 Å². The minimum Gasteiger partial charge on any atom is -0.493 e. The van der Waals surface area contributed by atoms with Crippen molar-refractivity contribution in [2.75, 3.05) is 13.2 Å². The van der Waals surface area contributed by atoms with Gasteiger partial charge in [0.05, 0.1) is 24.1 Å². The Labute approximate surface area is 193 Å². The summed E-state index contributed by atoms with van der Waals surface area (Å²) < 4.78 is 8.03. The molecule has 1 aliphatic carbocycles. The van der Waals surface area contributed by atoms with Gasteiger partial charge in [0, 0.05) is 31.0 Å². The van der Waals surface area contributed by atoms with Gasteiger partial charge in [-0.3, -0.25) is 0 Å². The Morgan fingerprint density at radius 3 is 3.03 bits per heavy atom. The van der Waals surface area contributed by atoms with Crippen LogP contribution in [0.4, 0.5) is 4.79 Å². The van der Waals surface area contributed by atoms with Crippen molar-refractivity contribution in [2.24, 2.45) is 0 Å². The number of alkyl halides is 1. The molecule has 1 aromatic carbocycles. The molecule has 3 aliphatic rings. The molecule has 168 valence electrons. The Morgan fingerprint density at radius 2 is 2.16 bits per heavy atom. The van der Waals surface area contributed by atoms with Crippen LogP contribution in [0.1, 0.15) is 55.6 Å². The third-order valence-corrected chi connectivity index (χ3v) is 6.85. The molecule has 1 aromatic heterocycles. The van der Waals surface area contributed by atoms with Crippen molar-refractivity contribution in [3.8, 4) is 5.75 Å². The van der Waals surface area contributed by atoms with Gasteiger partial charge in [-0.25, -0.2) is 9.78 Å². The second kappa shape index (κ2) is 9.41. The second-order valence-electron chi connectivity index (χ2n) is 8.69. The van der Waals surface area contributed by atoms with E-state index in [1.165, 1.54) is 5.57 Å². The Bertz CT molecular complexity index is 1030. The van der Waals surface area contributed by atoms with Crippen molar-refractivity contribution in [1.29, 1.82) is 0 Å². The molecule has 0 radical (unpaired) electrons. The van der Waals surface area contributed by atoms with Crippen LogP contribution in [0.3, 0.4) is 0 Å². The highest BCUT2D eigenvalue weighted by atomic mass is 35.5. The standard InChI is InChI=1S/C25H29ClN4O2/c26-19-11-9-18(10-12-19)17-29-15-13-27-24(29)22-7-3-14-30(22)25(31)28-21-6-4-16-32-23-8-2-1-5-20(21)23/h1-2,5,8-11,13,15,19,21-22H,3-4,6-7,12,14,16-17H2,(H,28,31)/t19?,21?,22-/m1/s1. The number of para-hydroxylation sites is 1. The largest absolute Gasteiger partial charge is 0.493 e. The van der Waals surface area contributed by atoms with Crippen LogP contribution in [0.15, 0.2) is 60.5 Å². The van der Waals surface area contributed by atoms with Crippen LogP contribution in [0.25, 0.3) is 0 Å². The van der Waals surface area contributed by atoms with Gasteiger partial charge in [-0.05, 0) is 43.7 Å². The van der Waals surface area contributed by atoms with Crippen molar-refractivity contribution in [3.05, 3.63) is 71.8 Å². The van der Waals surface area contributed by atoms with Gasteiger partial charge in [0.15, 0.2) is 0 Å². The normalized spacial score (nSPS) is 25.0. The van der Waals surface area contributed by atoms with E-state index in [9.17, 15) is 4.79 Å². The Balaban J connectivity index is 1.31. The van der Waals surface area contributed by atoms with E-state index in [2.05, 4.69) is 33.1 Å². The van der Waals surface area contributed by atoms with Crippen molar-refractivity contribution >= 4 is 17.6 Å². The fourth-order valence-electron chi connectivity index (χ4n) is 4.89. The van der Waals surface area contributed by atoms with Crippen LogP contribution >= 0.6 is 11.6 Å². The van der Waals surface area contributed by atoms with E-state index in [1.807, 2.05) is 41.6 Å². The molecule has 0 spiro atoms. The van der Waals surface area contributed by atoms with Crippen LogP contribution in [-0.2, 0) is 6.54 Å². The number of hydrogen-bond donors (Lipinski definition) is 1. The number of nitrogens with one attached hydrogen (secondary N) is 1. The summed E-state index contributed by atoms with van der Waals surface area (Å²) in [5, 5.41) is 3.37. The number of benzene rings is 1. The monoisotopic (exact) mass is 452 g/mol. The van der Waals surface area contributed by atoms with Gasteiger partial charge < -0.3 is 19.5 Å². The van der Waals surface area contributed by atoms with Crippen molar-refractivity contribution < 1.29 is 9.53 Å². The zero-order chi connectivity index (χ0) is 21.9. The molecule has 32 heavy (non-hydrogen) atoms. The minimum atomic E-state index is -0.0387. The fraction of sp³-hybridized carbons (Fsp3) is 0.440. The average molecular weight is 453 g/mol. The minimum absolute atomic E-state index is 0.0174. The number of ether oxygens (including phenoxy) is 1. The van der Waals surface area contributed by atoms with Crippen molar-refractivity contribution in [3.63, 3.8) is 0 Å². The predicted octanol–water partition coefficient (Wildman–Crippen LogP) is 5.14. The van der Waals surface area contributed by atoms with Crippen LogP contribution < -0.4 is 10.1 Å². The molecular formula is C25H29ClN4O2. The number of aromatic nitrogens is 2. The molecule has 3 heterocycles. The molecule has 6 nitrogen and oxygen atoms in total. The lowest BCUT2D eigenvalue weighted by Crippen LogP contribution is -2.41. The third-order valence-electron chi connectivity index (χ3n) is 6.52. The molecule has 2 aromatic rings. The van der Waals surface area contributed by atoms with Gasteiger partial charge in [0.1, 0.15) is 11.6 Å². The number of nitrogens with zero attached hydrogens (tertiary/aromatic N) is 3. The van der Waals surface area contributed by atoms with Gasteiger partial charge >= 0.3 is 6.03 Å². The SMILES string of the molecule is O=C(NC1CCCOc2ccccc21)N1CCC[C@@H]1c1nccn1CC1=CCC(Cl)C=C1. The number of carbonyl (C=O) groups excluding carboxylic acids is 1. The number of carbonyl (C=O) groups is 1. The second-order valence-corrected chi connectivity index (χ2v) is 9.25. The molecule has 3 atom stereocenters. The highest BCUT2D eigenvalue weighted by Crippen LogP contribution is 2.34. The summed E-state index contributed by atoms with van der Waals surface area (Å²) in [5.74, 6) is 1.82. The average Bonchev–Trinajstić information content (AvgIpc) is 3.42. The Morgan fingerprint density at radius 1 is 1.25 bits per heavy atom. The summed E-state index contributed by atoms with van der Waals surface area (Å²) in [7, 11) is 0. The lowest BCUT2D eigenvalue weighted by atomic mass is 10.0. The van der Waals surface area contributed by atoms with Crippen LogP contribution in [0.5, 0.6) is 5.75 Å². The smallest absolute Gasteiger partial charge is 0.318 e. The quantitative estimate of drug-likeness (QED) is 0.653. The predicted molar refractivity (Wildman–Crippen MR) is 125 cm³/mol. The summed E-state index contributed by atoms with van der Waals surface area (Å²) in [4.78, 5) is 20.0. The van der Waals surface area contributed by atoms with E-state index in [1.54, 1.807) is 0 Å². The number of urea groups is 1. The summed E-state index contributed by atoms with van der Waals surface area (Å²) in [6.07, 6.45) is 14.7. The highest BCUT2D eigenvalue weighted by molar-refractivity contribution is 6.22. The lowest BCUT2D eigenvalue weighted by molar-refractivity contribution is 0.185. The first-order valence-electron chi connectivity index (χ1n) is 11.5. The van der Waals surface area contributed by atoms with Crippen LogP contribution in [0, 0.1) is 0 Å². The van der Waals surface area contributed by atoms with Gasteiger partial charge in [-0.2, -0.15) is 0 Å². The number of fused-ring (bicyclic) bond motifs is 1. The topological polar surface area (TPSA) is 59.4 Å². The Hall–Kier alpha value is -2.73. The van der Waals surface area contributed by atoms with Gasteiger partial charge in [0.25, 0.3) is 0 Å². The molecule has 2 amide bonds. The first kappa shape index (κ1) is 21.1. The molecule has 2 aliphatic heterocycles. The van der Waals surface area contributed by atoms with Crippen molar-refractivity contribution in [2.45, 2.75) is 56.1 Å². The fourth-order valence-corrected chi connectivity index (χ4v) is 5.05. The van der Waals surface area contributed by atoms with Gasteiger partial charge in [-0.1, -0.05) is 36.4 Å². The number of imidazole rings is 1. The van der Waals surface area contributed by atoms with Crippen molar-refractivity contribution in [1.82, 2.24) is 19.8 Å². The molecular weight excluding hydrogens is 424 g/mol. The maximum Gasteiger partial charge on any atom is 0.318 e. The molecule has 1 saturated heterocycles. The molecule has 5 rings (SSSR count). The highest BCUT2D eigenvalue weighted by Gasteiger charge is 2.34. The maximum absolute atomic E-state index is 13.4. The summed E-state index contributed by atoms with van der Waals surface area (Å²) in [6.45, 7) is 2.17. The van der Waals surface area contributed by atoms with E-state index >= 15 is 0 Å². The van der Waals surface area contributed by atoms with Crippen LogP contribution in [0.2, 0.25) is 0 Å². The molecule has 2 unspecified atom stereocenters. The number of halogens is 1. The number of likely N-dealkylation sites (tertiary alicyclic amines) is 1. The lowest BCUT2D eigenvalue weighted by Gasteiger charge is -2.28. The number of rotatable bonds is 4. The summed E-state index contributed by atoms with van der Waals surface area (Å²) in [6, 6.07) is 7.93.